The maximum absolute atomic E-state index is 13.1. The first-order valence-electron chi connectivity index (χ1n) is 23.3. The van der Waals surface area contributed by atoms with Gasteiger partial charge in [0.2, 0.25) is 5.91 Å². The van der Waals surface area contributed by atoms with E-state index in [4.69, 9.17) is 18.9 Å². The second-order valence-electron chi connectivity index (χ2n) is 16.1. The van der Waals surface area contributed by atoms with Gasteiger partial charge in [-0.2, -0.15) is 0 Å². The molecule has 0 saturated carbocycles. The Kier molecular flexibility index (Phi) is 31.7. The van der Waals surface area contributed by atoms with Crippen molar-refractivity contribution in [3.05, 3.63) is 85.1 Å². The van der Waals surface area contributed by atoms with Gasteiger partial charge in [-0.25, -0.2) is 0 Å². The highest BCUT2D eigenvalue weighted by Crippen LogP contribution is 2.30. The lowest BCUT2D eigenvalue weighted by Gasteiger charge is -2.46. The highest BCUT2D eigenvalue weighted by atomic mass is 16.7. The molecule has 14 heteroatoms. The lowest BCUT2D eigenvalue weighted by molar-refractivity contribution is -0.359. The topological polar surface area (TPSA) is 228 Å². The molecule has 12 unspecified atom stereocenters. The molecule has 1 amide bonds. The Bertz CT molecular complexity index is 1380. The molecule has 14 nitrogen and oxygen atoms in total. The summed E-state index contributed by atoms with van der Waals surface area (Å²) < 4.78 is 22.6. The van der Waals surface area contributed by atoms with Crippen LogP contribution in [0.2, 0.25) is 0 Å². The van der Waals surface area contributed by atoms with Crippen LogP contribution in [0.3, 0.4) is 0 Å². The molecule has 0 radical (unpaired) electrons. The van der Waals surface area contributed by atoms with Gasteiger partial charge in [0, 0.05) is 6.42 Å². The van der Waals surface area contributed by atoms with Gasteiger partial charge in [0.05, 0.1) is 32.0 Å². The minimum atomic E-state index is -1.80. The number of rotatable bonds is 33. The second kappa shape index (κ2) is 35.4. The highest BCUT2D eigenvalue weighted by molar-refractivity contribution is 5.76. The molecule has 2 heterocycles. The maximum atomic E-state index is 13.1. The van der Waals surface area contributed by atoms with Gasteiger partial charge in [0.1, 0.15) is 48.8 Å². The van der Waals surface area contributed by atoms with Gasteiger partial charge in [0.15, 0.2) is 12.6 Å². The van der Waals surface area contributed by atoms with E-state index in [9.17, 15) is 45.6 Å². The lowest BCUT2D eigenvalue weighted by atomic mass is 9.97. The van der Waals surface area contributed by atoms with E-state index in [0.29, 0.717) is 12.8 Å². The summed E-state index contributed by atoms with van der Waals surface area (Å²) in [5.74, 6) is -0.284. The molecule has 0 aliphatic carbocycles. The third-order valence-corrected chi connectivity index (χ3v) is 10.8. The van der Waals surface area contributed by atoms with Crippen LogP contribution in [0.15, 0.2) is 85.1 Å². The number of aliphatic hydroxyl groups is 8. The molecule has 0 bridgehead atoms. The number of nitrogens with one attached hydrogen (secondary N) is 1. The summed E-state index contributed by atoms with van der Waals surface area (Å²) in [7, 11) is 0. The van der Waals surface area contributed by atoms with Crippen molar-refractivity contribution in [1.29, 1.82) is 0 Å². The van der Waals surface area contributed by atoms with Gasteiger partial charge in [-0.3, -0.25) is 4.79 Å². The number of unbranched alkanes of at least 4 members (excludes halogenated alkanes) is 8. The van der Waals surface area contributed by atoms with Crippen LogP contribution in [0.1, 0.15) is 123 Å². The summed E-state index contributed by atoms with van der Waals surface area (Å²) in [4.78, 5) is 13.1. The Hall–Kier alpha value is -2.83. The van der Waals surface area contributed by atoms with Crippen LogP contribution in [-0.2, 0) is 23.7 Å². The summed E-state index contributed by atoms with van der Waals surface area (Å²) >= 11 is 0. The van der Waals surface area contributed by atoms with E-state index in [1.165, 1.54) is 12.8 Å². The van der Waals surface area contributed by atoms with Crippen molar-refractivity contribution in [3.8, 4) is 0 Å². The number of amides is 1. The number of carbonyl (C=O) groups is 1. The van der Waals surface area contributed by atoms with E-state index in [-0.39, 0.29) is 18.9 Å². The molecule has 0 spiro atoms. The van der Waals surface area contributed by atoms with Crippen LogP contribution in [0.4, 0.5) is 0 Å². The minimum absolute atomic E-state index is 0.236. The van der Waals surface area contributed by atoms with Gasteiger partial charge >= 0.3 is 0 Å². The molecule has 0 aromatic heterocycles. The largest absolute Gasteiger partial charge is 0.394 e. The number of ether oxygens (including phenoxy) is 4. The normalized spacial score (nSPS) is 28.3. The first-order chi connectivity index (χ1) is 30.6. The van der Waals surface area contributed by atoms with Crippen molar-refractivity contribution in [2.75, 3.05) is 19.8 Å². The van der Waals surface area contributed by atoms with Crippen LogP contribution in [0, 0.1) is 0 Å². The summed E-state index contributed by atoms with van der Waals surface area (Å²) in [6.45, 7) is 2.53. The smallest absolute Gasteiger partial charge is 0.220 e. The second-order valence-corrected chi connectivity index (χ2v) is 16.1. The zero-order chi connectivity index (χ0) is 46.1. The quantitative estimate of drug-likeness (QED) is 0.0312. The maximum Gasteiger partial charge on any atom is 0.220 e. The molecule has 2 saturated heterocycles. The minimum Gasteiger partial charge on any atom is -0.394 e. The fourth-order valence-electron chi connectivity index (χ4n) is 6.94. The van der Waals surface area contributed by atoms with E-state index < -0.39 is 86.8 Å². The zero-order valence-corrected chi connectivity index (χ0v) is 37.8. The Labute approximate surface area is 376 Å². The number of carbonyl (C=O) groups excluding carboxylic acids is 1. The third kappa shape index (κ3) is 23.3. The summed E-state index contributed by atoms with van der Waals surface area (Å²) in [5.41, 5.74) is 0. The predicted molar refractivity (Wildman–Crippen MR) is 244 cm³/mol. The molecule has 2 aliphatic heterocycles. The Morgan fingerprint density at radius 3 is 1.73 bits per heavy atom. The summed E-state index contributed by atoms with van der Waals surface area (Å²) in [6.07, 6.45) is 27.7. The van der Waals surface area contributed by atoms with Crippen molar-refractivity contribution < 1.29 is 64.6 Å². The monoisotopic (exact) mass is 892 g/mol. The van der Waals surface area contributed by atoms with E-state index in [0.717, 1.165) is 77.0 Å². The summed E-state index contributed by atoms with van der Waals surface area (Å²) in [6, 6.07) is -0.953. The molecule has 360 valence electrons. The van der Waals surface area contributed by atoms with Crippen molar-refractivity contribution >= 4 is 5.91 Å². The van der Waals surface area contributed by atoms with Gasteiger partial charge in [0.25, 0.3) is 0 Å². The molecule has 63 heavy (non-hydrogen) atoms. The Morgan fingerprint density at radius 1 is 0.587 bits per heavy atom. The van der Waals surface area contributed by atoms with Crippen LogP contribution >= 0.6 is 0 Å². The van der Waals surface area contributed by atoms with Crippen LogP contribution in [0.25, 0.3) is 0 Å². The average molecular weight is 892 g/mol. The van der Waals surface area contributed by atoms with Gasteiger partial charge in [-0.05, 0) is 77.0 Å². The van der Waals surface area contributed by atoms with Crippen molar-refractivity contribution in [2.45, 2.75) is 197 Å². The predicted octanol–water partition coefficient (Wildman–Crippen LogP) is 5.04. The summed E-state index contributed by atoms with van der Waals surface area (Å²) in [5, 5.41) is 86.4. The number of hydrogen-bond donors (Lipinski definition) is 9. The highest BCUT2D eigenvalue weighted by Gasteiger charge is 2.50. The van der Waals surface area contributed by atoms with Crippen molar-refractivity contribution in [3.63, 3.8) is 0 Å². The van der Waals surface area contributed by atoms with Crippen molar-refractivity contribution in [1.82, 2.24) is 5.32 Å². The molecule has 2 fully saturated rings. The van der Waals surface area contributed by atoms with Crippen molar-refractivity contribution in [2.24, 2.45) is 0 Å². The number of allylic oxidation sites excluding steroid dienone is 13. The van der Waals surface area contributed by atoms with Gasteiger partial charge in [-0.1, -0.05) is 125 Å². The van der Waals surface area contributed by atoms with E-state index in [1.807, 2.05) is 6.08 Å². The first kappa shape index (κ1) is 56.3. The molecule has 0 aromatic rings. The van der Waals surface area contributed by atoms with E-state index in [2.05, 4.69) is 92.1 Å². The zero-order valence-electron chi connectivity index (χ0n) is 37.8. The molecule has 2 aliphatic rings. The average Bonchev–Trinajstić information content (AvgIpc) is 3.28. The first-order valence-corrected chi connectivity index (χ1v) is 23.3. The third-order valence-electron chi connectivity index (χ3n) is 10.8. The standard InChI is InChI=1S/C49H81NO13/c1-3-5-7-9-11-13-15-17-18-19-20-21-23-25-27-29-31-33-41(54)50-37(38(53)32-30-28-26-24-22-16-14-12-10-8-6-4-2)36-60-48-46(59)44(57)47(40(35-52)62-48)63-49-45(58)43(56)42(55)39(34-51)61-49/h5,7,10-13,17-18,20-22,24,30,32,37-40,42-49,51-53,55-59H,3-4,6,8-9,14-16,19,23,25-29,31,33-36H2,1-2H3,(H,50,54)/b7-5-,12-10+,13-11-,18-17-,21-20-,24-22+,32-30+. The Balaban J connectivity index is 1.91. The SMILES string of the molecule is CC/C=C\C/C=C\C/C=C\C/C=C\CCCCCCC(=O)NC(COC1OC(CO)C(OC2OC(CO)C(O)C(O)C2O)C(O)C1O)C(O)/C=C/CC/C=C/CC/C=C/CCCC. The Morgan fingerprint density at radius 2 is 1.11 bits per heavy atom. The number of hydrogen-bond acceptors (Lipinski definition) is 13. The fourth-order valence-corrected chi connectivity index (χ4v) is 6.94. The fraction of sp³-hybridized carbons (Fsp3) is 0.694. The number of aliphatic hydroxyl groups excluding tert-OH is 8. The molecule has 12 atom stereocenters. The van der Waals surface area contributed by atoms with E-state index in [1.54, 1.807) is 6.08 Å². The lowest BCUT2D eigenvalue weighted by Crippen LogP contribution is -2.65. The molecular weight excluding hydrogens is 811 g/mol. The van der Waals surface area contributed by atoms with Crippen LogP contribution < -0.4 is 5.32 Å². The van der Waals surface area contributed by atoms with Crippen LogP contribution in [-0.4, -0.2) is 140 Å². The van der Waals surface area contributed by atoms with E-state index >= 15 is 0 Å². The molecule has 2 rings (SSSR count). The molecule has 9 N–H and O–H groups in total. The van der Waals surface area contributed by atoms with Crippen LogP contribution in [0.5, 0.6) is 0 Å². The van der Waals surface area contributed by atoms with Gasteiger partial charge in [-0.15, -0.1) is 0 Å². The van der Waals surface area contributed by atoms with Gasteiger partial charge < -0.3 is 65.1 Å². The molecular formula is C49H81NO13. The molecule has 0 aromatic carbocycles.